The van der Waals surface area contributed by atoms with Gasteiger partial charge in [0.15, 0.2) is 0 Å². The summed E-state index contributed by atoms with van der Waals surface area (Å²) in [5.74, 6) is -0.451. The lowest BCUT2D eigenvalue weighted by atomic mass is 9.91. The van der Waals surface area contributed by atoms with Gasteiger partial charge in [0.05, 0.1) is 22.8 Å². The van der Waals surface area contributed by atoms with Crippen LogP contribution in [0.15, 0.2) is 36.8 Å². The fourth-order valence-electron chi connectivity index (χ4n) is 3.66. The van der Waals surface area contributed by atoms with Crippen molar-refractivity contribution in [1.29, 1.82) is 0 Å². The zero-order chi connectivity index (χ0) is 19.5. The zero-order valence-electron chi connectivity index (χ0n) is 15.2. The number of aromatic amines is 1. The second-order valence-electron chi connectivity index (χ2n) is 6.79. The van der Waals surface area contributed by atoms with E-state index in [0.717, 1.165) is 35.9 Å². The van der Waals surface area contributed by atoms with Gasteiger partial charge in [-0.1, -0.05) is 23.7 Å². The van der Waals surface area contributed by atoms with Gasteiger partial charge in [0.2, 0.25) is 5.91 Å². The molecule has 144 valence electrons. The number of halogens is 1. The lowest BCUT2D eigenvalue weighted by Crippen LogP contribution is -2.34. The molecule has 3 N–H and O–H groups in total. The minimum absolute atomic E-state index is 0.0737. The lowest BCUT2D eigenvalue weighted by molar-refractivity contribution is -0.121. The standard InChI is InChI=1S/C20H20ClN5O2/c21-14-5-1-3-12-13-4-2-6-15(19(13)26-18(12)14)25-17(27)7-8-24-20(28)16-11-22-9-10-23-16/h1,3,5,9-11,15,26H,2,4,6-8H2,(H,24,28)(H,25,27)/t15-/m0/s1. The van der Waals surface area contributed by atoms with Crippen molar-refractivity contribution in [2.24, 2.45) is 0 Å². The molecule has 0 unspecified atom stereocenters. The van der Waals surface area contributed by atoms with Gasteiger partial charge in [-0.25, -0.2) is 4.98 Å². The minimum atomic E-state index is -0.342. The molecule has 0 aliphatic heterocycles. The molecule has 2 aromatic heterocycles. The van der Waals surface area contributed by atoms with Crippen LogP contribution in [0, 0.1) is 0 Å². The van der Waals surface area contributed by atoms with Gasteiger partial charge in [-0.15, -0.1) is 0 Å². The third-order valence-electron chi connectivity index (χ3n) is 4.96. The second-order valence-corrected chi connectivity index (χ2v) is 7.20. The lowest BCUT2D eigenvalue weighted by Gasteiger charge is -2.24. The van der Waals surface area contributed by atoms with E-state index >= 15 is 0 Å². The smallest absolute Gasteiger partial charge is 0.271 e. The number of para-hydroxylation sites is 1. The van der Waals surface area contributed by atoms with Crippen LogP contribution >= 0.6 is 11.6 Å². The molecular weight excluding hydrogens is 378 g/mol. The van der Waals surface area contributed by atoms with Crippen LogP contribution in [-0.4, -0.2) is 33.3 Å². The number of hydrogen-bond acceptors (Lipinski definition) is 4. The number of H-pyrrole nitrogens is 1. The highest BCUT2D eigenvalue weighted by Gasteiger charge is 2.26. The third-order valence-corrected chi connectivity index (χ3v) is 5.28. The summed E-state index contributed by atoms with van der Waals surface area (Å²) in [6.45, 7) is 0.235. The van der Waals surface area contributed by atoms with Gasteiger partial charge < -0.3 is 15.6 Å². The van der Waals surface area contributed by atoms with Crippen molar-refractivity contribution in [3.8, 4) is 0 Å². The molecule has 1 aliphatic rings. The van der Waals surface area contributed by atoms with Crippen LogP contribution in [0.25, 0.3) is 10.9 Å². The van der Waals surface area contributed by atoms with Crippen molar-refractivity contribution < 1.29 is 9.59 Å². The van der Waals surface area contributed by atoms with Gasteiger partial charge >= 0.3 is 0 Å². The summed E-state index contributed by atoms with van der Waals surface area (Å²) < 4.78 is 0. The summed E-state index contributed by atoms with van der Waals surface area (Å²) in [5, 5.41) is 7.57. The predicted molar refractivity (Wildman–Crippen MR) is 106 cm³/mol. The van der Waals surface area contributed by atoms with Gasteiger partial charge in [-0.2, -0.15) is 0 Å². The topological polar surface area (TPSA) is 99.8 Å². The Hall–Kier alpha value is -2.93. The summed E-state index contributed by atoms with van der Waals surface area (Å²) in [4.78, 5) is 35.5. The van der Waals surface area contributed by atoms with Gasteiger partial charge in [-0.3, -0.25) is 14.6 Å². The molecule has 8 heteroatoms. The first-order valence-electron chi connectivity index (χ1n) is 9.26. The van der Waals surface area contributed by atoms with E-state index in [2.05, 4.69) is 31.7 Å². The molecule has 2 amide bonds. The van der Waals surface area contributed by atoms with Crippen LogP contribution in [0.2, 0.25) is 5.02 Å². The Balaban J connectivity index is 1.38. The number of benzene rings is 1. The Labute approximate surface area is 166 Å². The zero-order valence-corrected chi connectivity index (χ0v) is 15.9. The maximum absolute atomic E-state index is 12.4. The van der Waals surface area contributed by atoms with Crippen molar-refractivity contribution in [3.63, 3.8) is 0 Å². The molecule has 1 atom stereocenters. The van der Waals surface area contributed by atoms with E-state index in [-0.39, 0.29) is 36.5 Å². The number of nitrogens with zero attached hydrogens (tertiary/aromatic N) is 2. The Morgan fingerprint density at radius 2 is 2.18 bits per heavy atom. The number of aromatic nitrogens is 3. The highest BCUT2D eigenvalue weighted by molar-refractivity contribution is 6.35. The van der Waals surface area contributed by atoms with Crippen LogP contribution < -0.4 is 10.6 Å². The normalized spacial score (nSPS) is 15.8. The maximum Gasteiger partial charge on any atom is 0.271 e. The molecule has 28 heavy (non-hydrogen) atoms. The molecule has 3 aromatic rings. The fraction of sp³-hybridized carbons (Fsp3) is 0.300. The van der Waals surface area contributed by atoms with Crippen LogP contribution in [0.1, 0.15) is 47.1 Å². The van der Waals surface area contributed by atoms with Gasteiger partial charge in [0.1, 0.15) is 5.69 Å². The summed E-state index contributed by atoms with van der Waals surface area (Å²) in [5.41, 5.74) is 3.41. The minimum Gasteiger partial charge on any atom is -0.355 e. The summed E-state index contributed by atoms with van der Waals surface area (Å²) in [6, 6.07) is 5.79. The Morgan fingerprint density at radius 3 is 3.00 bits per heavy atom. The summed E-state index contributed by atoms with van der Waals surface area (Å²) >= 11 is 6.31. The second kappa shape index (κ2) is 7.98. The fourth-order valence-corrected chi connectivity index (χ4v) is 3.88. The molecule has 1 aliphatic carbocycles. The molecule has 0 fully saturated rings. The number of rotatable bonds is 5. The molecule has 0 saturated heterocycles. The molecule has 1 aromatic carbocycles. The molecular formula is C20H20ClN5O2. The first kappa shape index (κ1) is 18.4. The van der Waals surface area contributed by atoms with E-state index in [9.17, 15) is 9.59 Å². The van der Waals surface area contributed by atoms with Crippen LogP contribution in [-0.2, 0) is 11.2 Å². The van der Waals surface area contributed by atoms with Crippen LogP contribution in [0.3, 0.4) is 0 Å². The average Bonchev–Trinajstić information content (AvgIpc) is 3.10. The van der Waals surface area contributed by atoms with Crippen molar-refractivity contribution >= 4 is 34.3 Å². The predicted octanol–water partition coefficient (Wildman–Crippen LogP) is 2.93. The number of nitrogens with one attached hydrogen (secondary N) is 3. The van der Waals surface area contributed by atoms with Crippen molar-refractivity contribution in [1.82, 2.24) is 25.6 Å². The Morgan fingerprint density at radius 1 is 1.29 bits per heavy atom. The monoisotopic (exact) mass is 397 g/mol. The number of carbonyl (C=O) groups excluding carboxylic acids is 2. The number of fused-ring (bicyclic) bond motifs is 3. The molecule has 0 radical (unpaired) electrons. The van der Waals surface area contributed by atoms with E-state index in [1.165, 1.54) is 24.2 Å². The van der Waals surface area contributed by atoms with Gasteiger partial charge in [0, 0.05) is 36.4 Å². The van der Waals surface area contributed by atoms with Crippen molar-refractivity contribution in [3.05, 3.63) is 58.8 Å². The van der Waals surface area contributed by atoms with E-state index < -0.39 is 0 Å². The molecule has 7 nitrogen and oxygen atoms in total. The molecule has 0 saturated carbocycles. The SMILES string of the molecule is O=C(CCNC(=O)c1cnccn1)N[C@H]1CCCc2c1[nH]c1c(Cl)cccc21. The quantitative estimate of drug-likeness (QED) is 0.616. The first-order valence-corrected chi connectivity index (χ1v) is 9.64. The van der Waals surface area contributed by atoms with E-state index in [1.807, 2.05) is 12.1 Å². The van der Waals surface area contributed by atoms with Crippen LogP contribution in [0.4, 0.5) is 0 Å². The van der Waals surface area contributed by atoms with Crippen LogP contribution in [0.5, 0.6) is 0 Å². The highest BCUT2D eigenvalue weighted by atomic mass is 35.5. The Bertz CT molecular complexity index is 1020. The van der Waals surface area contributed by atoms with Crippen molar-refractivity contribution in [2.45, 2.75) is 31.7 Å². The maximum atomic E-state index is 12.4. The highest BCUT2D eigenvalue weighted by Crippen LogP contribution is 2.36. The van der Waals surface area contributed by atoms with Gasteiger partial charge in [-0.05, 0) is 30.9 Å². The van der Waals surface area contributed by atoms with Crippen molar-refractivity contribution in [2.75, 3.05) is 6.54 Å². The number of aryl methyl sites for hydroxylation is 1. The summed E-state index contributed by atoms with van der Waals surface area (Å²) in [6.07, 6.45) is 7.37. The molecule has 2 heterocycles. The average molecular weight is 398 g/mol. The molecule has 0 spiro atoms. The molecule has 0 bridgehead atoms. The Kier molecular flexibility index (Phi) is 5.25. The number of amides is 2. The first-order chi connectivity index (χ1) is 13.6. The van der Waals surface area contributed by atoms with E-state index in [4.69, 9.17) is 11.6 Å². The van der Waals surface area contributed by atoms with E-state index in [0.29, 0.717) is 5.02 Å². The summed E-state index contributed by atoms with van der Waals surface area (Å²) in [7, 11) is 0. The number of hydrogen-bond donors (Lipinski definition) is 3. The number of carbonyl (C=O) groups is 2. The molecule has 4 rings (SSSR count). The third kappa shape index (κ3) is 3.71. The van der Waals surface area contributed by atoms with E-state index in [1.54, 1.807) is 0 Å². The van der Waals surface area contributed by atoms with Gasteiger partial charge in [0.25, 0.3) is 5.91 Å². The largest absolute Gasteiger partial charge is 0.355 e.